The number of nitriles is 1. The van der Waals surface area contributed by atoms with Crippen LogP contribution in [0.1, 0.15) is 0 Å². The van der Waals surface area contributed by atoms with Gasteiger partial charge in [-0.2, -0.15) is 10.4 Å². The van der Waals surface area contributed by atoms with Crippen molar-refractivity contribution >= 4 is 51.1 Å². The predicted molar refractivity (Wildman–Crippen MR) is 114 cm³/mol. The lowest BCUT2D eigenvalue weighted by Crippen LogP contribution is -2.28. The maximum absolute atomic E-state index is 9.53. The van der Waals surface area contributed by atoms with E-state index in [1.54, 1.807) is 0 Å². The fourth-order valence-corrected chi connectivity index (χ4v) is 8.10. The van der Waals surface area contributed by atoms with Gasteiger partial charge in [0, 0.05) is 0 Å². The van der Waals surface area contributed by atoms with E-state index in [1.807, 2.05) is 54.6 Å². The molecule has 0 aliphatic rings. The maximum atomic E-state index is 9.53. The molecule has 0 atom stereocenters. The zero-order valence-electron chi connectivity index (χ0n) is 13.3. The Morgan fingerprint density at radius 3 is 1.24 bits per heavy atom. The monoisotopic (exact) mass is 378 g/mol. The highest BCUT2D eigenvalue weighted by Crippen LogP contribution is 2.66. The summed E-state index contributed by atoms with van der Waals surface area (Å²) in [5.41, 5.74) is 0. The van der Waals surface area contributed by atoms with Gasteiger partial charge in [-0.05, 0) is 36.4 Å². The van der Waals surface area contributed by atoms with Crippen molar-refractivity contribution in [3.8, 4) is 5.40 Å². The van der Waals surface area contributed by atoms with Crippen LogP contribution in [-0.4, -0.2) is 5.16 Å². The molecule has 0 heterocycles. The van der Waals surface area contributed by atoms with Crippen LogP contribution in [0.25, 0.3) is 5.41 Å². The van der Waals surface area contributed by atoms with Gasteiger partial charge in [0.05, 0.1) is 0 Å². The highest BCUT2D eigenvalue weighted by molar-refractivity contribution is 8.71. The first-order valence-electron chi connectivity index (χ1n) is 7.44. The van der Waals surface area contributed by atoms with Crippen molar-refractivity contribution in [3.05, 3.63) is 96.4 Å². The third-order valence-corrected chi connectivity index (χ3v) is 9.93. The van der Waals surface area contributed by atoms with Crippen LogP contribution in [0.4, 0.5) is 0 Å². The Labute approximate surface area is 158 Å². The van der Waals surface area contributed by atoms with Crippen molar-refractivity contribution in [1.82, 2.24) is 0 Å². The Kier molecular flexibility index (Phi) is 7.54. The summed E-state index contributed by atoms with van der Waals surface area (Å²) in [5, 5.41) is 24.0. The van der Waals surface area contributed by atoms with Crippen LogP contribution in [0.15, 0.2) is 91.0 Å². The number of thiocarbonyl (C=S) groups is 1. The molecular formula is C20H15N2PS2. The second-order valence-corrected chi connectivity index (χ2v) is 10.4. The lowest BCUT2D eigenvalue weighted by Gasteiger charge is -2.22. The molecule has 0 spiro atoms. The molecule has 0 radical (unpaired) electrons. The van der Waals surface area contributed by atoms with Gasteiger partial charge in [0.2, 0.25) is 0 Å². The van der Waals surface area contributed by atoms with Gasteiger partial charge in [-0.1, -0.05) is 66.8 Å². The Bertz CT molecular complexity index is 760. The van der Waals surface area contributed by atoms with Crippen molar-refractivity contribution in [1.29, 1.82) is 5.26 Å². The van der Waals surface area contributed by atoms with Gasteiger partial charge in [0.15, 0.2) is 23.2 Å². The van der Waals surface area contributed by atoms with E-state index in [0.717, 1.165) is 0 Å². The van der Waals surface area contributed by atoms with E-state index >= 15 is 0 Å². The minimum absolute atomic E-state index is 1.22. The lowest BCUT2D eigenvalue weighted by atomic mass is 10.4. The van der Waals surface area contributed by atoms with E-state index in [9.17, 15) is 5.26 Å². The Morgan fingerprint density at radius 1 is 0.720 bits per heavy atom. The molecule has 3 aromatic rings. The summed E-state index contributed by atoms with van der Waals surface area (Å²) in [5.74, 6) is 0. The maximum Gasteiger partial charge on any atom is 0.187 e. The van der Waals surface area contributed by atoms with Crippen LogP contribution in [0.5, 0.6) is 0 Å². The van der Waals surface area contributed by atoms with Gasteiger partial charge in [0.1, 0.15) is 15.9 Å². The second kappa shape index (κ2) is 9.89. The molecule has 0 fully saturated rings. The fraction of sp³-hybridized carbons (Fsp3) is 0. The smallest absolute Gasteiger partial charge is 0.187 e. The summed E-state index contributed by atoms with van der Waals surface area (Å²) >= 11 is 5.10. The van der Waals surface area contributed by atoms with Crippen molar-refractivity contribution in [2.45, 2.75) is 0 Å². The molecule has 0 N–H and O–H groups in total. The first-order valence-corrected chi connectivity index (χ1v) is 11.1. The molecule has 0 saturated heterocycles. The standard InChI is InChI=1S/C19H15NPS.CNS/c20-16-22-21(17-10-4-1-5-11-17,18-12-6-2-7-13-18)19-14-8-3-9-15-19;2-1-3/h1-15H;/q+1;-1. The summed E-state index contributed by atoms with van der Waals surface area (Å²) in [6, 6.07) is 31.2. The van der Waals surface area contributed by atoms with E-state index in [1.165, 1.54) is 32.5 Å². The van der Waals surface area contributed by atoms with Gasteiger partial charge in [-0.15, -0.1) is 0 Å². The van der Waals surface area contributed by atoms with Crippen molar-refractivity contribution in [3.63, 3.8) is 0 Å². The SMILES string of the molecule is N#CS[P+](c1ccccc1)(c1ccccc1)c1ccccc1.[N-]=C=S. The Balaban J connectivity index is 0.000000701. The molecule has 0 unspecified atom stereocenters. The molecule has 0 amide bonds. The minimum Gasteiger partial charge on any atom is -0.753 e. The lowest BCUT2D eigenvalue weighted by molar-refractivity contribution is 1.57. The van der Waals surface area contributed by atoms with Gasteiger partial charge in [0.25, 0.3) is 0 Å². The number of rotatable bonds is 4. The highest BCUT2D eigenvalue weighted by Gasteiger charge is 2.47. The van der Waals surface area contributed by atoms with Gasteiger partial charge < -0.3 is 5.41 Å². The van der Waals surface area contributed by atoms with Crippen LogP contribution in [-0.2, 0) is 0 Å². The average Bonchev–Trinajstić information content (AvgIpc) is 2.69. The zero-order valence-corrected chi connectivity index (χ0v) is 15.8. The molecular weight excluding hydrogens is 363 g/mol. The van der Waals surface area contributed by atoms with E-state index in [0.29, 0.717) is 0 Å². The van der Waals surface area contributed by atoms with Crippen LogP contribution in [0.2, 0.25) is 0 Å². The number of thiocyanates is 1. The molecule has 0 bridgehead atoms. The summed E-state index contributed by atoms with van der Waals surface area (Å²) in [6.45, 7) is -2.00. The summed E-state index contributed by atoms with van der Waals surface area (Å²) in [7, 11) is 0. The minimum atomic E-state index is -2.00. The normalized spacial score (nSPS) is 9.88. The topological polar surface area (TPSA) is 46.1 Å². The van der Waals surface area contributed by atoms with E-state index in [4.69, 9.17) is 5.41 Å². The van der Waals surface area contributed by atoms with Crippen LogP contribution < -0.4 is 15.9 Å². The van der Waals surface area contributed by atoms with E-state index in [-0.39, 0.29) is 0 Å². The van der Waals surface area contributed by atoms with Gasteiger partial charge in [-0.3, -0.25) is 0 Å². The molecule has 0 aliphatic carbocycles. The van der Waals surface area contributed by atoms with E-state index < -0.39 is 6.46 Å². The highest BCUT2D eigenvalue weighted by atomic mass is 32.7. The van der Waals surface area contributed by atoms with Gasteiger partial charge in [-0.25, -0.2) is 0 Å². The molecule has 0 aromatic heterocycles. The Morgan fingerprint density at radius 2 is 1.00 bits per heavy atom. The summed E-state index contributed by atoms with van der Waals surface area (Å²) < 4.78 is 0. The molecule has 0 aliphatic heterocycles. The van der Waals surface area contributed by atoms with Crippen LogP contribution in [0, 0.1) is 10.7 Å². The van der Waals surface area contributed by atoms with Crippen LogP contribution in [0.3, 0.4) is 0 Å². The molecule has 25 heavy (non-hydrogen) atoms. The molecule has 0 saturated carbocycles. The molecule has 122 valence electrons. The Hall–Kier alpha value is -2.27. The number of benzene rings is 3. The quantitative estimate of drug-likeness (QED) is 0.284. The summed E-state index contributed by atoms with van der Waals surface area (Å²) in [6.07, 6.45) is 0. The third kappa shape index (κ3) is 4.42. The van der Waals surface area contributed by atoms with Crippen LogP contribution >= 0.6 is 30.1 Å². The zero-order chi connectivity index (χ0) is 18.0. The van der Waals surface area contributed by atoms with E-state index in [2.05, 4.69) is 54.0 Å². The number of isothiocyanates is 1. The number of hydrogen-bond donors (Lipinski definition) is 0. The largest absolute Gasteiger partial charge is 0.753 e. The predicted octanol–water partition coefficient (Wildman–Crippen LogP) is 4.77. The summed E-state index contributed by atoms with van der Waals surface area (Å²) in [4.78, 5) is 0. The molecule has 3 aromatic carbocycles. The van der Waals surface area contributed by atoms with Crippen molar-refractivity contribution in [2.75, 3.05) is 0 Å². The van der Waals surface area contributed by atoms with Crippen molar-refractivity contribution < 1.29 is 0 Å². The fourth-order valence-electron chi connectivity index (χ4n) is 2.58. The molecule has 2 nitrogen and oxygen atoms in total. The average molecular weight is 378 g/mol. The first-order chi connectivity index (χ1) is 12.3. The number of nitrogens with zero attached hydrogens (tertiary/aromatic N) is 2. The second-order valence-electron chi connectivity index (χ2n) is 4.89. The molecule has 3 rings (SSSR count). The third-order valence-electron chi connectivity index (χ3n) is 3.54. The number of hydrogen-bond acceptors (Lipinski definition) is 3. The van der Waals surface area contributed by atoms with Gasteiger partial charge >= 0.3 is 0 Å². The first kappa shape index (κ1) is 19.1. The van der Waals surface area contributed by atoms with Crippen molar-refractivity contribution in [2.24, 2.45) is 0 Å². The molecule has 5 heteroatoms.